The average Bonchev–Trinajstić information content (AvgIpc) is 2.02. The Morgan fingerprint density at radius 1 is 1.23 bits per heavy atom. The Labute approximate surface area is 77.5 Å². The van der Waals surface area contributed by atoms with Crippen molar-refractivity contribution in [3.63, 3.8) is 0 Å². The molecule has 0 radical (unpaired) electrons. The van der Waals surface area contributed by atoms with Crippen LogP contribution in [0.15, 0.2) is 12.1 Å². The second-order valence-corrected chi connectivity index (χ2v) is 3.18. The van der Waals surface area contributed by atoms with Gasteiger partial charge < -0.3 is 4.84 Å². The van der Waals surface area contributed by atoms with E-state index in [0.717, 1.165) is 16.7 Å². The van der Waals surface area contributed by atoms with Gasteiger partial charge in [-0.2, -0.15) is 5.90 Å². The quantitative estimate of drug-likeness (QED) is 0.667. The van der Waals surface area contributed by atoms with Crippen molar-refractivity contribution >= 4 is 5.97 Å². The van der Waals surface area contributed by atoms with Gasteiger partial charge in [0.05, 0.1) is 5.56 Å². The third kappa shape index (κ3) is 1.87. The molecule has 0 bridgehead atoms. The van der Waals surface area contributed by atoms with E-state index < -0.39 is 5.97 Å². The Morgan fingerprint density at radius 2 is 1.69 bits per heavy atom. The first kappa shape index (κ1) is 9.74. The second kappa shape index (κ2) is 3.58. The zero-order valence-corrected chi connectivity index (χ0v) is 8.05. The molecule has 0 aliphatic rings. The number of nitrogens with two attached hydrogens (primary N) is 1. The van der Waals surface area contributed by atoms with Gasteiger partial charge in [-0.25, -0.2) is 4.79 Å². The van der Waals surface area contributed by atoms with E-state index in [9.17, 15) is 4.79 Å². The van der Waals surface area contributed by atoms with Gasteiger partial charge in [0.15, 0.2) is 0 Å². The molecule has 0 amide bonds. The minimum Gasteiger partial charge on any atom is -0.370 e. The maximum atomic E-state index is 11.2. The van der Waals surface area contributed by atoms with Crippen LogP contribution in [0.4, 0.5) is 0 Å². The Kier molecular flexibility index (Phi) is 2.68. The molecular weight excluding hydrogens is 166 g/mol. The van der Waals surface area contributed by atoms with Crippen LogP contribution in [0.3, 0.4) is 0 Å². The van der Waals surface area contributed by atoms with E-state index in [1.807, 2.05) is 32.9 Å². The molecule has 70 valence electrons. The summed E-state index contributed by atoms with van der Waals surface area (Å²) in [5, 5.41) is 0. The second-order valence-electron chi connectivity index (χ2n) is 3.18. The summed E-state index contributed by atoms with van der Waals surface area (Å²) in [6, 6.07) is 3.86. The van der Waals surface area contributed by atoms with Crippen molar-refractivity contribution in [3.8, 4) is 0 Å². The lowest BCUT2D eigenvalue weighted by molar-refractivity contribution is 0.0501. The van der Waals surface area contributed by atoms with Crippen LogP contribution < -0.4 is 5.90 Å². The minimum absolute atomic E-state index is 0.477. The smallest absolute Gasteiger partial charge is 0.357 e. The predicted molar refractivity (Wildman–Crippen MR) is 50.3 cm³/mol. The largest absolute Gasteiger partial charge is 0.370 e. The maximum Gasteiger partial charge on any atom is 0.357 e. The van der Waals surface area contributed by atoms with Gasteiger partial charge in [-0.05, 0) is 31.9 Å². The van der Waals surface area contributed by atoms with E-state index in [1.54, 1.807) is 0 Å². The molecule has 13 heavy (non-hydrogen) atoms. The first-order valence-corrected chi connectivity index (χ1v) is 4.05. The van der Waals surface area contributed by atoms with E-state index in [1.165, 1.54) is 0 Å². The fourth-order valence-electron chi connectivity index (χ4n) is 1.56. The molecule has 1 aromatic rings. The topological polar surface area (TPSA) is 52.3 Å². The highest BCUT2D eigenvalue weighted by Gasteiger charge is 2.12. The first-order valence-electron chi connectivity index (χ1n) is 4.05. The molecule has 0 atom stereocenters. The fourth-order valence-corrected chi connectivity index (χ4v) is 1.56. The number of hydrogen-bond donors (Lipinski definition) is 1. The lowest BCUT2D eigenvalue weighted by Crippen LogP contribution is -2.13. The van der Waals surface area contributed by atoms with Crippen LogP contribution in [0.1, 0.15) is 27.0 Å². The number of benzene rings is 1. The molecule has 0 aliphatic heterocycles. The Balaban J connectivity index is 3.28. The third-order valence-corrected chi connectivity index (χ3v) is 1.99. The van der Waals surface area contributed by atoms with Crippen LogP contribution >= 0.6 is 0 Å². The van der Waals surface area contributed by atoms with E-state index in [0.29, 0.717) is 5.56 Å². The SMILES string of the molecule is Cc1cc(C)c(C(=O)ON)c(C)c1. The summed E-state index contributed by atoms with van der Waals surface area (Å²) in [6.45, 7) is 5.72. The lowest BCUT2D eigenvalue weighted by Gasteiger charge is -2.07. The minimum atomic E-state index is -0.477. The highest BCUT2D eigenvalue weighted by Crippen LogP contribution is 2.16. The molecule has 0 saturated heterocycles. The molecule has 3 nitrogen and oxygen atoms in total. The van der Waals surface area contributed by atoms with Gasteiger partial charge in [-0.1, -0.05) is 17.7 Å². The molecule has 1 aromatic carbocycles. The molecule has 2 N–H and O–H groups in total. The lowest BCUT2D eigenvalue weighted by atomic mass is 10.0. The molecule has 0 unspecified atom stereocenters. The van der Waals surface area contributed by atoms with E-state index in [4.69, 9.17) is 5.90 Å². The van der Waals surface area contributed by atoms with Crippen LogP contribution in [0.5, 0.6) is 0 Å². The monoisotopic (exact) mass is 179 g/mol. The number of aryl methyl sites for hydroxylation is 3. The summed E-state index contributed by atoms with van der Waals surface area (Å²) in [4.78, 5) is 15.4. The summed E-state index contributed by atoms with van der Waals surface area (Å²) >= 11 is 0. The van der Waals surface area contributed by atoms with Crippen LogP contribution in [-0.2, 0) is 4.84 Å². The van der Waals surface area contributed by atoms with Crippen LogP contribution in [0, 0.1) is 20.8 Å². The number of carbonyl (C=O) groups excluding carboxylic acids is 1. The molecule has 0 saturated carbocycles. The van der Waals surface area contributed by atoms with Crippen molar-refractivity contribution in [2.45, 2.75) is 20.8 Å². The zero-order chi connectivity index (χ0) is 10.0. The summed E-state index contributed by atoms with van der Waals surface area (Å²) < 4.78 is 0. The van der Waals surface area contributed by atoms with E-state index >= 15 is 0 Å². The maximum absolute atomic E-state index is 11.2. The molecule has 0 fully saturated rings. The predicted octanol–water partition coefficient (Wildman–Crippen LogP) is 1.64. The number of rotatable bonds is 1. The summed E-state index contributed by atoms with van der Waals surface area (Å²) in [6.07, 6.45) is 0. The normalized spacial score (nSPS) is 9.85. The first-order chi connectivity index (χ1) is 6.06. The summed E-state index contributed by atoms with van der Waals surface area (Å²) in [5.74, 6) is 4.35. The molecule has 0 heterocycles. The van der Waals surface area contributed by atoms with Gasteiger partial charge >= 0.3 is 5.97 Å². The molecule has 1 rings (SSSR count). The van der Waals surface area contributed by atoms with Crippen molar-refractivity contribution in [1.29, 1.82) is 0 Å². The number of hydrogen-bond acceptors (Lipinski definition) is 3. The van der Waals surface area contributed by atoms with Crippen molar-refractivity contribution in [2.75, 3.05) is 0 Å². The summed E-state index contributed by atoms with van der Waals surface area (Å²) in [5.41, 5.74) is 3.48. The molecule has 0 aromatic heterocycles. The Morgan fingerprint density at radius 3 is 2.08 bits per heavy atom. The zero-order valence-electron chi connectivity index (χ0n) is 8.05. The van der Waals surface area contributed by atoms with Crippen molar-refractivity contribution in [1.82, 2.24) is 0 Å². The average molecular weight is 179 g/mol. The van der Waals surface area contributed by atoms with Gasteiger partial charge in [-0.15, -0.1) is 0 Å². The van der Waals surface area contributed by atoms with Crippen LogP contribution in [0.25, 0.3) is 0 Å². The van der Waals surface area contributed by atoms with Crippen molar-refractivity contribution in [2.24, 2.45) is 5.90 Å². The van der Waals surface area contributed by atoms with Gasteiger partial charge in [-0.3, -0.25) is 0 Å². The Hall–Kier alpha value is -1.35. The van der Waals surface area contributed by atoms with Gasteiger partial charge in [0, 0.05) is 0 Å². The third-order valence-electron chi connectivity index (χ3n) is 1.99. The van der Waals surface area contributed by atoms with Gasteiger partial charge in [0.25, 0.3) is 0 Å². The Bertz CT molecular complexity index is 322. The van der Waals surface area contributed by atoms with Crippen LogP contribution in [0.2, 0.25) is 0 Å². The summed E-state index contributed by atoms with van der Waals surface area (Å²) in [7, 11) is 0. The highest BCUT2D eigenvalue weighted by molar-refractivity contribution is 5.92. The van der Waals surface area contributed by atoms with Crippen molar-refractivity contribution in [3.05, 3.63) is 34.4 Å². The molecule has 0 spiro atoms. The molecular formula is C10H13NO2. The molecule has 3 heteroatoms. The number of carbonyl (C=O) groups is 1. The fraction of sp³-hybridized carbons (Fsp3) is 0.300. The van der Waals surface area contributed by atoms with E-state index in [2.05, 4.69) is 4.84 Å². The van der Waals surface area contributed by atoms with Crippen LogP contribution in [-0.4, -0.2) is 5.97 Å². The van der Waals surface area contributed by atoms with Gasteiger partial charge in [0.1, 0.15) is 0 Å². The van der Waals surface area contributed by atoms with E-state index in [-0.39, 0.29) is 0 Å². The highest BCUT2D eigenvalue weighted by atomic mass is 16.7. The van der Waals surface area contributed by atoms with Crippen molar-refractivity contribution < 1.29 is 9.63 Å². The van der Waals surface area contributed by atoms with Gasteiger partial charge in [0.2, 0.25) is 0 Å². The molecule has 0 aliphatic carbocycles. The standard InChI is InChI=1S/C10H13NO2/c1-6-4-7(2)9(8(3)5-6)10(12)13-11/h4-5H,11H2,1-3H3.